The fraction of sp³-hybridized carbons (Fsp3) is 0.455. The number of hydrogen-bond donors (Lipinski definition) is 2. The summed E-state index contributed by atoms with van der Waals surface area (Å²) >= 11 is 1.30. The van der Waals surface area contributed by atoms with Gasteiger partial charge in [-0.05, 0) is 24.5 Å². The number of amides is 2. The number of carbonyl (C=O) groups excluding carboxylic acids is 2. The Bertz CT molecular complexity index is 399. The minimum Gasteiger partial charge on any atom is -0.366 e. The van der Waals surface area contributed by atoms with E-state index in [1.807, 2.05) is 18.7 Å². The predicted molar refractivity (Wildman–Crippen MR) is 69.3 cm³/mol. The molecule has 6 heteroatoms. The molecule has 1 rings (SSSR count). The SMILES string of the molecule is CCN(CC)CC(=O)Nc1sccc1C(N)=O. The molecule has 17 heavy (non-hydrogen) atoms. The van der Waals surface area contributed by atoms with Gasteiger partial charge in [0, 0.05) is 0 Å². The molecule has 5 nitrogen and oxygen atoms in total. The van der Waals surface area contributed by atoms with E-state index in [1.165, 1.54) is 11.3 Å². The molecule has 3 N–H and O–H groups in total. The zero-order valence-electron chi connectivity index (χ0n) is 10.0. The van der Waals surface area contributed by atoms with Gasteiger partial charge in [-0.2, -0.15) is 0 Å². The third-order valence-corrected chi connectivity index (χ3v) is 3.28. The van der Waals surface area contributed by atoms with Crippen molar-refractivity contribution in [1.29, 1.82) is 0 Å². The Morgan fingerprint density at radius 3 is 2.59 bits per heavy atom. The number of nitrogens with two attached hydrogens (primary N) is 1. The van der Waals surface area contributed by atoms with Crippen LogP contribution in [0.2, 0.25) is 0 Å². The molecule has 0 spiro atoms. The summed E-state index contributed by atoms with van der Waals surface area (Å²) in [6, 6.07) is 1.61. The molecule has 1 aromatic heterocycles. The molecule has 0 saturated carbocycles. The molecule has 1 aromatic rings. The molecule has 0 atom stereocenters. The summed E-state index contributed by atoms with van der Waals surface area (Å²) in [6.07, 6.45) is 0. The van der Waals surface area contributed by atoms with Crippen LogP contribution in [0.1, 0.15) is 24.2 Å². The van der Waals surface area contributed by atoms with E-state index in [-0.39, 0.29) is 5.91 Å². The lowest BCUT2D eigenvalue weighted by Gasteiger charge is -2.16. The first-order valence-electron chi connectivity index (χ1n) is 5.48. The van der Waals surface area contributed by atoms with Gasteiger partial charge in [0.1, 0.15) is 5.00 Å². The molecular weight excluding hydrogens is 238 g/mol. The Morgan fingerprint density at radius 2 is 2.06 bits per heavy atom. The number of primary amides is 1. The number of likely N-dealkylation sites (N-methyl/N-ethyl adjacent to an activating group) is 1. The van der Waals surface area contributed by atoms with Crippen molar-refractivity contribution < 1.29 is 9.59 Å². The molecule has 0 radical (unpaired) electrons. The molecule has 1 heterocycles. The van der Waals surface area contributed by atoms with Crippen molar-refractivity contribution in [2.45, 2.75) is 13.8 Å². The maximum absolute atomic E-state index is 11.7. The summed E-state index contributed by atoms with van der Waals surface area (Å²) < 4.78 is 0. The van der Waals surface area contributed by atoms with E-state index in [2.05, 4.69) is 5.32 Å². The smallest absolute Gasteiger partial charge is 0.251 e. The average molecular weight is 255 g/mol. The highest BCUT2D eigenvalue weighted by atomic mass is 32.1. The minimum absolute atomic E-state index is 0.126. The van der Waals surface area contributed by atoms with Crippen LogP contribution in [0.3, 0.4) is 0 Å². The lowest BCUT2D eigenvalue weighted by atomic mass is 10.3. The summed E-state index contributed by atoms with van der Waals surface area (Å²) in [4.78, 5) is 24.8. The van der Waals surface area contributed by atoms with E-state index in [0.717, 1.165) is 13.1 Å². The number of thiophene rings is 1. The molecule has 0 fully saturated rings. The van der Waals surface area contributed by atoms with Crippen LogP contribution in [0.5, 0.6) is 0 Å². The van der Waals surface area contributed by atoms with Crippen LogP contribution in [0.4, 0.5) is 5.00 Å². The van der Waals surface area contributed by atoms with E-state index < -0.39 is 5.91 Å². The Morgan fingerprint density at radius 1 is 1.41 bits per heavy atom. The van der Waals surface area contributed by atoms with Crippen molar-refractivity contribution >= 4 is 28.2 Å². The van der Waals surface area contributed by atoms with E-state index in [4.69, 9.17) is 5.73 Å². The quantitative estimate of drug-likeness (QED) is 0.800. The van der Waals surface area contributed by atoms with Crippen LogP contribution in [0, 0.1) is 0 Å². The van der Waals surface area contributed by atoms with Gasteiger partial charge in [-0.1, -0.05) is 13.8 Å². The third kappa shape index (κ3) is 3.83. The van der Waals surface area contributed by atoms with Gasteiger partial charge in [-0.3, -0.25) is 14.5 Å². The Balaban J connectivity index is 2.62. The van der Waals surface area contributed by atoms with Crippen LogP contribution in [-0.4, -0.2) is 36.3 Å². The van der Waals surface area contributed by atoms with Gasteiger partial charge in [-0.15, -0.1) is 11.3 Å². The monoisotopic (exact) mass is 255 g/mol. The number of rotatable bonds is 6. The molecule has 0 saturated heterocycles. The molecule has 0 aliphatic rings. The topological polar surface area (TPSA) is 75.4 Å². The lowest BCUT2D eigenvalue weighted by Crippen LogP contribution is -2.33. The first-order valence-corrected chi connectivity index (χ1v) is 6.35. The van der Waals surface area contributed by atoms with Crippen LogP contribution in [0.25, 0.3) is 0 Å². The number of hydrogen-bond acceptors (Lipinski definition) is 4. The van der Waals surface area contributed by atoms with Gasteiger partial charge in [-0.25, -0.2) is 0 Å². The van der Waals surface area contributed by atoms with Crippen molar-refractivity contribution in [2.24, 2.45) is 5.73 Å². The second-order valence-corrected chi connectivity index (χ2v) is 4.45. The van der Waals surface area contributed by atoms with Crippen LogP contribution in [0.15, 0.2) is 11.4 Å². The normalized spacial score (nSPS) is 10.5. The highest BCUT2D eigenvalue weighted by Gasteiger charge is 2.13. The molecule has 0 unspecified atom stereocenters. The van der Waals surface area contributed by atoms with E-state index >= 15 is 0 Å². The highest BCUT2D eigenvalue weighted by molar-refractivity contribution is 7.14. The van der Waals surface area contributed by atoms with Crippen molar-refractivity contribution in [3.05, 3.63) is 17.0 Å². The zero-order chi connectivity index (χ0) is 12.8. The average Bonchev–Trinajstić information content (AvgIpc) is 2.74. The third-order valence-electron chi connectivity index (χ3n) is 2.45. The summed E-state index contributed by atoms with van der Waals surface area (Å²) in [6.45, 7) is 5.95. The summed E-state index contributed by atoms with van der Waals surface area (Å²) in [5, 5.41) is 4.96. The van der Waals surface area contributed by atoms with Crippen molar-refractivity contribution in [3.8, 4) is 0 Å². The zero-order valence-corrected chi connectivity index (χ0v) is 10.8. The molecule has 0 bridgehead atoms. The van der Waals surface area contributed by atoms with Crippen LogP contribution in [-0.2, 0) is 4.79 Å². The molecule has 94 valence electrons. The number of nitrogens with one attached hydrogen (secondary N) is 1. The summed E-state index contributed by atoms with van der Waals surface area (Å²) in [5.41, 5.74) is 5.56. The largest absolute Gasteiger partial charge is 0.366 e. The minimum atomic E-state index is -0.524. The fourth-order valence-electron chi connectivity index (χ4n) is 1.42. The Kier molecular flexibility index (Phi) is 5.11. The van der Waals surface area contributed by atoms with Gasteiger partial charge in [0.15, 0.2) is 0 Å². The number of anilines is 1. The molecule has 2 amide bonds. The van der Waals surface area contributed by atoms with Crippen molar-refractivity contribution in [2.75, 3.05) is 25.0 Å². The second kappa shape index (κ2) is 6.36. The van der Waals surface area contributed by atoms with E-state index in [9.17, 15) is 9.59 Å². The predicted octanol–water partition coefficient (Wildman–Crippen LogP) is 1.13. The van der Waals surface area contributed by atoms with E-state index in [0.29, 0.717) is 17.1 Å². The van der Waals surface area contributed by atoms with Crippen molar-refractivity contribution in [3.63, 3.8) is 0 Å². The van der Waals surface area contributed by atoms with Crippen LogP contribution >= 0.6 is 11.3 Å². The number of carbonyl (C=O) groups is 2. The van der Waals surface area contributed by atoms with Crippen molar-refractivity contribution in [1.82, 2.24) is 4.90 Å². The van der Waals surface area contributed by atoms with Gasteiger partial charge in [0.2, 0.25) is 5.91 Å². The number of nitrogens with zero attached hydrogens (tertiary/aromatic N) is 1. The highest BCUT2D eigenvalue weighted by Crippen LogP contribution is 2.22. The van der Waals surface area contributed by atoms with Gasteiger partial charge in [0.05, 0.1) is 12.1 Å². The Labute approximate surface area is 105 Å². The molecule has 0 aliphatic heterocycles. The maximum atomic E-state index is 11.7. The van der Waals surface area contributed by atoms with E-state index in [1.54, 1.807) is 11.4 Å². The first kappa shape index (κ1) is 13.7. The van der Waals surface area contributed by atoms with Crippen LogP contribution < -0.4 is 11.1 Å². The first-order chi connectivity index (χ1) is 8.08. The second-order valence-electron chi connectivity index (χ2n) is 3.54. The summed E-state index contributed by atoms with van der Waals surface area (Å²) in [5.74, 6) is -0.650. The standard InChI is InChI=1S/C11H17N3O2S/c1-3-14(4-2)7-9(15)13-11-8(10(12)16)5-6-17-11/h5-6H,3-4,7H2,1-2H3,(H2,12,16)(H,13,15). The molecule has 0 aromatic carbocycles. The van der Waals surface area contributed by atoms with Gasteiger partial charge in [0.25, 0.3) is 5.91 Å². The molecular formula is C11H17N3O2S. The molecule has 0 aliphatic carbocycles. The van der Waals surface area contributed by atoms with Gasteiger partial charge >= 0.3 is 0 Å². The fourth-order valence-corrected chi connectivity index (χ4v) is 2.23. The Hall–Kier alpha value is -1.40. The maximum Gasteiger partial charge on any atom is 0.251 e. The van der Waals surface area contributed by atoms with Gasteiger partial charge < -0.3 is 11.1 Å². The lowest BCUT2D eigenvalue weighted by molar-refractivity contribution is -0.117. The summed E-state index contributed by atoms with van der Waals surface area (Å²) in [7, 11) is 0.